The fraction of sp³-hybridized carbons (Fsp3) is 0.833. The smallest absolute Gasteiger partial charge is 0.0781 e. The molecule has 0 aliphatic heterocycles. The molecule has 2 atom stereocenters. The van der Waals surface area contributed by atoms with Gasteiger partial charge in [-0.15, -0.1) is 0 Å². The molecule has 1 aliphatic rings. The maximum Gasteiger partial charge on any atom is 0.0781 e. The van der Waals surface area contributed by atoms with Crippen molar-refractivity contribution in [2.24, 2.45) is 0 Å². The normalized spacial score (nSPS) is 24.9. The summed E-state index contributed by atoms with van der Waals surface area (Å²) in [5.74, 6) is 0. The van der Waals surface area contributed by atoms with Gasteiger partial charge in [-0.1, -0.05) is 60.8 Å². The molecule has 2 unspecified atom stereocenters. The molecule has 0 bridgehead atoms. The fourth-order valence-electron chi connectivity index (χ4n) is 3.13. The molecular formula is C18H32N2O. The predicted molar refractivity (Wildman–Crippen MR) is 87.8 cm³/mol. The van der Waals surface area contributed by atoms with Crippen LogP contribution in [0.2, 0.25) is 0 Å². The first-order valence-corrected chi connectivity index (χ1v) is 8.39. The van der Waals surface area contributed by atoms with Crippen LogP contribution in [0.15, 0.2) is 6.07 Å². The zero-order valence-electron chi connectivity index (χ0n) is 14.6. The summed E-state index contributed by atoms with van der Waals surface area (Å²) in [7, 11) is 0. The van der Waals surface area contributed by atoms with Crippen LogP contribution in [0, 0.1) is 0 Å². The van der Waals surface area contributed by atoms with Gasteiger partial charge in [0, 0.05) is 16.5 Å². The van der Waals surface area contributed by atoms with Gasteiger partial charge in [0.05, 0.1) is 17.8 Å². The Labute approximate surface area is 129 Å². The highest BCUT2D eigenvalue weighted by Crippen LogP contribution is 2.35. The summed E-state index contributed by atoms with van der Waals surface area (Å²) in [6.45, 7) is 13.3. The summed E-state index contributed by atoms with van der Waals surface area (Å²) in [4.78, 5) is 0. The lowest BCUT2D eigenvalue weighted by molar-refractivity contribution is 0.0954. The molecule has 1 fully saturated rings. The third-order valence-electron chi connectivity index (χ3n) is 4.53. The van der Waals surface area contributed by atoms with E-state index in [1.165, 1.54) is 18.5 Å². The Morgan fingerprint density at radius 1 is 1.00 bits per heavy atom. The quantitative estimate of drug-likeness (QED) is 0.782. The average molecular weight is 292 g/mol. The van der Waals surface area contributed by atoms with Gasteiger partial charge in [0.15, 0.2) is 0 Å². The van der Waals surface area contributed by atoms with Crippen LogP contribution in [0.5, 0.6) is 0 Å². The van der Waals surface area contributed by atoms with Gasteiger partial charge in [-0.2, -0.15) is 5.10 Å². The molecule has 1 heterocycles. The van der Waals surface area contributed by atoms with E-state index in [0.29, 0.717) is 0 Å². The third kappa shape index (κ3) is 3.68. The molecule has 1 aromatic rings. The molecule has 0 radical (unpaired) electrons. The second-order valence-electron chi connectivity index (χ2n) is 8.63. The first kappa shape index (κ1) is 16.5. The fourth-order valence-corrected chi connectivity index (χ4v) is 3.13. The summed E-state index contributed by atoms with van der Waals surface area (Å²) in [5, 5.41) is 15.5. The van der Waals surface area contributed by atoms with Crippen LogP contribution in [0.4, 0.5) is 0 Å². The van der Waals surface area contributed by atoms with Crippen molar-refractivity contribution in [3.8, 4) is 0 Å². The predicted octanol–water partition coefficient (Wildman–Crippen LogP) is 4.34. The topological polar surface area (TPSA) is 38.0 Å². The molecule has 1 aromatic heterocycles. The largest absolute Gasteiger partial charge is 0.391 e. The van der Waals surface area contributed by atoms with Crippen molar-refractivity contribution in [3.63, 3.8) is 0 Å². The summed E-state index contributed by atoms with van der Waals surface area (Å²) >= 11 is 0. The third-order valence-corrected chi connectivity index (χ3v) is 4.53. The lowest BCUT2D eigenvalue weighted by Gasteiger charge is -2.28. The van der Waals surface area contributed by atoms with E-state index in [0.717, 1.165) is 25.0 Å². The number of aromatic nitrogens is 2. The van der Waals surface area contributed by atoms with E-state index in [9.17, 15) is 5.11 Å². The van der Waals surface area contributed by atoms with Crippen LogP contribution in [-0.2, 0) is 10.8 Å². The monoisotopic (exact) mass is 292 g/mol. The summed E-state index contributed by atoms with van der Waals surface area (Å²) < 4.78 is 2.15. The highest BCUT2D eigenvalue weighted by molar-refractivity contribution is 5.23. The van der Waals surface area contributed by atoms with Crippen molar-refractivity contribution in [1.29, 1.82) is 0 Å². The number of nitrogens with zero attached hydrogens (tertiary/aromatic N) is 2. The van der Waals surface area contributed by atoms with Crippen LogP contribution in [0.25, 0.3) is 0 Å². The molecule has 1 aliphatic carbocycles. The van der Waals surface area contributed by atoms with Crippen LogP contribution >= 0.6 is 0 Å². The van der Waals surface area contributed by atoms with Crippen molar-refractivity contribution < 1.29 is 5.11 Å². The second kappa shape index (κ2) is 5.75. The molecular weight excluding hydrogens is 260 g/mol. The number of hydrogen-bond donors (Lipinski definition) is 1. The van der Waals surface area contributed by atoms with Crippen LogP contribution in [-0.4, -0.2) is 21.0 Å². The number of rotatable bonds is 1. The summed E-state index contributed by atoms with van der Waals surface area (Å²) in [6.07, 6.45) is 5.23. The number of hydrogen-bond acceptors (Lipinski definition) is 2. The van der Waals surface area contributed by atoms with Gasteiger partial charge in [0.1, 0.15) is 0 Å². The molecule has 120 valence electrons. The highest BCUT2D eigenvalue weighted by atomic mass is 16.3. The minimum Gasteiger partial charge on any atom is -0.391 e. The van der Waals surface area contributed by atoms with E-state index in [4.69, 9.17) is 5.10 Å². The van der Waals surface area contributed by atoms with Crippen molar-refractivity contribution >= 4 is 0 Å². The van der Waals surface area contributed by atoms with Crippen molar-refractivity contribution in [3.05, 3.63) is 17.5 Å². The Balaban J connectivity index is 2.47. The molecule has 3 nitrogen and oxygen atoms in total. The van der Waals surface area contributed by atoms with Gasteiger partial charge in [-0.3, -0.25) is 4.68 Å². The molecule has 2 rings (SSSR count). The molecule has 1 N–H and O–H groups in total. The SMILES string of the molecule is CC(C)(C)c1cc(C(C)(C)C)n(C2CCCCCC2O)n1. The number of aliphatic hydroxyl groups excluding tert-OH is 1. The molecule has 21 heavy (non-hydrogen) atoms. The van der Waals surface area contributed by atoms with Crippen molar-refractivity contribution in [2.45, 2.75) is 96.6 Å². The summed E-state index contributed by atoms with van der Waals surface area (Å²) in [6, 6.07) is 2.38. The minimum absolute atomic E-state index is 0.0426. The van der Waals surface area contributed by atoms with Crippen LogP contribution in [0.3, 0.4) is 0 Å². The lowest BCUT2D eigenvalue weighted by Crippen LogP contribution is -2.29. The van der Waals surface area contributed by atoms with Gasteiger partial charge in [-0.05, 0) is 18.9 Å². The standard InChI is InChI=1S/C18H32N2O/c1-17(2,3)15-12-16(18(4,5)6)20(19-15)13-10-8-7-9-11-14(13)21/h12-14,21H,7-11H2,1-6H3. The molecule has 0 amide bonds. The van der Waals surface area contributed by atoms with Gasteiger partial charge in [-0.25, -0.2) is 0 Å². The Morgan fingerprint density at radius 3 is 2.19 bits per heavy atom. The van der Waals surface area contributed by atoms with E-state index >= 15 is 0 Å². The van der Waals surface area contributed by atoms with E-state index < -0.39 is 0 Å². The van der Waals surface area contributed by atoms with E-state index in [2.05, 4.69) is 52.3 Å². The van der Waals surface area contributed by atoms with Gasteiger partial charge in [0.25, 0.3) is 0 Å². The van der Waals surface area contributed by atoms with Gasteiger partial charge < -0.3 is 5.11 Å². The zero-order chi connectivity index (χ0) is 15.8. The molecule has 3 heteroatoms. The van der Waals surface area contributed by atoms with E-state index in [1.54, 1.807) is 0 Å². The number of aliphatic hydroxyl groups is 1. The first-order chi connectivity index (χ1) is 9.60. The Hall–Kier alpha value is -0.830. The Kier molecular flexibility index (Phi) is 4.53. The van der Waals surface area contributed by atoms with E-state index in [1.807, 2.05) is 0 Å². The lowest BCUT2D eigenvalue weighted by atomic mass is 9.87. The minimum atomic E-state index is -0.263. The second-order valence-corrected chi connectivity index (χ2v) is 8.63. The van der Waals surface area contributed by atoms with Gasteiger partial charge >= 0.3 is 0 Å². The molecule has 0 aromatic carbocycles. The molecule has 1 saturated carbocycles. The summed E-state index contributed by atoms with van der Waals surface area (Å²) in [5.41, 5.74) is 2.46. The average Bonchev–Trinajstić information content (AvgIpc) is 2.68. The van der Waals surface area contributed by atoms with Gasteiger partial charge in [0.2, 0.25) is 0 Å². The Morgan fingerprint density at radius 2 is 1.62 bits per heavy atom. The molecule has 0 saturated heterocycles. The Bertz CT molecular complexity index is 476. The van der Waals surface area contributed by atoms with E-state index in [-0.39, 0.29) is 23.0 Å². The zero-order valence-corrected chi connectivity index (χ0v) is 14.6. The highest BCUT2D eigenvalue weighted by Gasteiger charge is 2.32. The van der Waals surface area contributed by atoms with Crippen LogP contribution in [0.1, 0.15) is 91.1 Å². The first-order valence-electron chi connectivity index (χ1n) is 8.39. The maximum absolute atomic E-state index is 10.5. The molecule has 0 spiro atoms. The van der Waals surface area contributed by atoms with Crippen molar-refractivity contribution in [1.82, 2.24) is 9.78 Å². The van der Waals surface area contributed by atoms with Crippen LogP contribution < -0.4 is 0 Å². The van der Waals surface area contributed by atoms with Crippen molar-refractivity contribution in [2.75, 3.05) is 0 Å². The maximum atomic E-state index is 10.5.